The van der Waals surface area contributed by atoms with Crippen molar-refractivity contribution < 1.29 is 26.7 Å². The van der Waals surface area contributed by atoms with Gasteiger partial charge in [-0.2, -0.15) is 0 Å². The van der Waals surface area contributed by atoms with E-state index in [1.54, 1.807) is 0 Å². The molecular weight excluding hydrogens is 395 g/mol. The van der Waals surface area contributed by atoms with Gasteiger partial charge in [0.2, 0.25) is 5.75 Å². The Morgan fingerprint density at radius 3 is 2.08 bits per heavy atom. The molecule has 1 aromatic rings. The Kier molecular flexibility index (Phi) is 6.89. The highest BCUT2D eigenvalue weighted by atomic mass is 79.9. The van der Waals surface area contributed by atoms with E-state index in [1.807, 2.05) is 0 Å². The van der Waals surface area contributed by atoms with Gasteiger partial charge in [0, 0.05) is 5.33 Å². The van der Waals surface area contributed by atoms with Crippen LogP contribution in [0.5, 0.6) is 5.75 Å². The molecule has 0 heterocycles. The second-order valence-corrected chi connectivity index (χ2v) is 7.06. The maximum Gasteiger partial charge on any atom is 0.573 e. The fraction of sp³-hybridized carbons (Fsp3) is 0.647. The van der Waals surface area contributed by atoms with Crippen molar-refractivity contribution in [1.29, 1.82) is 0 Å². The van der Waals surface area contributed by atoms with Crippen LogP contribution in [0.3, 0.4) is 0 Å². The molecule has 136 valence electrons. The van der Waals surface area contributed by atoms with E-state index in [-0.39, 0.29) is 5.92 Å². The van der Waals surface area contributed by atoms with Crippen molar-refractivity contribution in [3.8, 4) is 5.75 Å². The van der Waals surface area contributed by atoms with Crippen molar-refractivity contribution in [2.24, 2.45) is 5.92 Å². The Morgan fingerprint density at radius 2 is 1.58 bits per heavy atom. The molecule has 24 heavy (non-hydrogen) atoms. The molecule has 0 aliphatic heterocycles. The summed E-state index contributed by atoms with van der Waals surface area (Å²) in [4.78, 5) is 0. The second kappa shape index (κ2) is 8.50. The Labute approximate surface area is 146 Å². The first kappa shape index (κ1) is 19.5. The lowest BCUT2D eigenvalue weighted by Gasteiger charge is -2.29. The zero-order valence-electron chi connectivity index (χ0n) is 13.1. The Balaban J connectivity index is 1.99. The number of alkyl halides is 4. The lowest BCUT2D eigenvalue weighted by atomic mass is 9.77. The molecule has 1 aliphatic rings. The van der Waals surface area contributed by atoms with Gasteiger partial charge in [-0.1, -0.05) is 28.8 Å². The Bertz CT molecular complexity index is 515. The lowest BCUT2D eigenvalue weighted by molar-refractivity contribution is -0.276. The molecule has 0 radical (unpaired) electrons. The van der Waals surface area contributed by atoms with Gasteiger partial charge in [-0.15, -0.1) is 13.2 Å². The fourth-order valence-corrected chi connectivity index (χ4v) is 3.74. The molecule has 1 aromatic carbocycles. The van der Waals surface area contributed by atoms with Crippen LogP contribution in [0.15, 0.2) is 12.1 Å². The van der Waals surface area contributed by atoms with E-state index in [2.05, 4.69) is 20.7 Å². The molecule has 1 saturated carbocycles. The van der Waals surface area contributed by atoms with E-state index < -0.39 is 23.7 Å². The van der Waals surface area contributed by atoms with Gasteiger partial charge < -0.3 is 4.74 Å². The summed E-state index contributed by atoms with van der Waals surface area (Å²) >= 11 is 3.40. The van der Waals surface area contributed by atoms with Crippen LogP contribution >= 0.6 is 15.9 Å². The fourth-order valence-electron chi connectivity index (χ4n) is 3.34. The summed E-state index contributed by atoms with van der Waals surface area (Å²) < 4.78 is 67.5. The zero-order chi connectivity index (χ0) is 17.7. The topological polar surface area (TPSA) is 9.23 Å². The molecule has 1 nitrogen and oxygen atoms in total. The first-order valence-electron chi connectivity index (χ1n) is 8.11. The first-order valence-corrected chi connectivity index (χ1v) is 9.23. The summed E-state index contributed by atoms with van der Waals surface area (Å²) in [6.45, 7) is 0. The van der Waals surface area contributed by atoms with Crippen molar-refractivity contribution in [2.45, 2.75) is 57.2 Å². The highest BCUT2D eigenvalue weighted by molar-refractivity contribution is 9.09. The molecule has 0 N–H and O–H groups in total. The standard InChI is InChI=1S/C17H20BrF5O/c18-8-2-1-3-11-4-6-12(7-5-11)13-9-14(19)16(15(20)10-13)24-17(21,22)23/h9-12H,1-8H2. The number of halogens is 6. The summed E-state index contributed by atoms with van der Waals surface area (Å²) in [5, 5.41) is 0.993. The van der Waals surface area contributed by atoms with Crippen molar-refractivity contribution >= 4 is 15.9 Å². The van der Waals surface area contributed by atoms with Crippen LogP contribution in [0.4, 0.5) is 22.0 Å². The van der Waals surface area contributed by atoms with E-state index in [0.29, 0.717) is 11.5 Å². The minimum Gasteiger partial charge on any atom is -0.399 e. The van der Waals surface area contributed by atoms with Crippen molar-refractivity contribution in [3.63, 3.8) is 0 Å². The van der Waals surface area contributed by atoms with Gasteiger partial charge in [-0.3, -0.25) is 0 Å². The number of benzene rings is 1. The van der Waals surface area contributed by atoms with Crippen LogP contribution in [-0.2, 0) is 0 Å². The lowest BCUT2D eigenvalue weighted by Crippen LogP contribution is -2.19. The SMILES string of the molecule is Fc1cc(C2CCC(CCCCBr)CC2)cc(F)c1OC(F)(F)F. The Morgan fingerprint density at radius 1 is 1.00 bits per heavy atom. The normalized spacial score (nSPS) is 21.8. The van der Waals surface area contributed by atoms with Gasteiger partial charge in [0.1, 0.15) is 0 Å². The molecule has 1 aliphatic carbocycles. The molecule has 7 heteroatoms. The van der Waals surface area contributed by atoms with E-state index in [9.17, 15) is 22.0 Å². The molecule has 0 amide bonds. The first-order chi connectivity index (χ1) is 11.3. The van der Waals surface area contributed by atoms with Crippen LogP contribution in [-0.4, -0.2) is 11.7 Å². The van der Waals surface area contributed by atoms with Crippen LogP contribution in [0, 0.1) is 17.6 Å². The van der Waals surface area contributed by atoms with E-state index in [1.165, 1.54) is 0 Å². The molecule has 0 aromatic heterocycles. The minimum absolute atomic E-state index is 0.0126. The molecular formula is C17H20BrF5O. The van der Waals surface area contributed by atoms with Gasteiger partial charge in [0.15, 0.2) is 11.6 Å². The predicted molar refractivity (Wildman–Crippen MR) is 85.4 cm³/mol. The summed E-state index contributed by atoms with van der Waals surface area (Å²) in [5.74, 6) is -3.37. The summed E-state index contributed by atoms with van der Waals surface area (Å²) in [7, 11) is 0. The minimum atomic E-state index is -5.11. The molecule has 2 rings (SSSR count). The Hall–Kier alpha value is -0.850. The molecule has 0 atom stereocenters. The number of ether oxygens (including phenoxy) is 1. The molecule has 0 spiro atoms. The third kappa shape index (κ3) is 5.60. The van der Waals surface area contributed by atoms with E-state index in [0.717, 1.165) is 62.4 Å². The number of hydrogen-bond acceptors (Lipinski definition) is 1. The van der Waals surface area contributed by atoms with Gasteiger partial charge in [-0.05, 0) is 61.6 Å². The molecule has 0 saturated heterocycles. The van der Waals surface area contributed by atoms with Gasteiger partial charge in [-0.25, -0.2) is 8.78 Å². The number of rotatable bonds is 6. The predicted octanol–water partition coefficient (Wildman–Crippen LogP) is 6.70. The van der Waals surface area contributed by atoms with Crippen LogP contribution in [0.25, 0.3) is 0 Å². The zero-order valence-corrected chi connectivity index (χ0v) is 14.7. The summed E-state index contributed by atoms with van der Waals surface area (Å²) in [5.41, 5.74) is 0.415. The average Bonchev–Trinajstić information content (AvgIpc) is 2.51. The summed E-state index contributed by atoms with van der Waals surface area (Å²) in [6.07, 6.45) is 1.91. The van der Waals surface area contributed by atoms with E-state index in [4.69, 9.17) is 0 Å². The quantitative estimate of drug-likeness (QED) is 0.285. The molecule has 1 fully saturated rings. The highest BCUT2D eigenvalue weighted by Crippen LogP contribution is 2.40. The van der Waals surface area contributed by atoms with E-state index >= 15 is 0 Å². The number of unbranched alkanes of at least 4 members (excludes halogenated alkanes) is 1. The second-order valence-electron chi connectivity index (χ2n) is 6.26. The van der Waals surface area contributed by atoms with Crippen LogP contribution < -0.4 is 4.74 Å². The summed E-state index contributed by atoms with van der Waals surface area (Å²) in [6, 6.07) is 1.94. The molecule has 0 unspecified atom stereocenters. The maximum atomic E-state index is 13.8. The molecule has 0 bridgehead atoms. The third-order valence-electron chi connectivity index (χ3n) is 4.55. The van der Waals surface area contributed by atoms with Crippen molar-refractivity contribution in [1.82, 2.24) is 0 Å². The highest BCUT2D eigenvalue weighted by Gasteiger charge is 2.34. The maximum absolute atomic E-state index is 13.8. The van der Waals surface area contributed by atoms with Gasteiger partial charge in [0.05, 0.1) is 0 Å². The van der Waals surface area contributed by atoms with Crippen molar-refractivity contribution in [3.05, 3.63) is 29.3 Å². The van der Waals surface area contributed by atoms with Crippen LogP contribution in [0.1, 0.15) is 56.4 Å². The van der Waals surface area contributed by atoms with Gasteiger partial charge >= 0.3 is 6.36 Å². The third-order valence-corrected chi connectivity index (χ3v) is 5.11. The average molecular weight is 415 g/mol. The van der Waals surface area contributed by atoms with Gasteiger partial charge in [0.25, 0.3) is 0 Å². The largest absolute Gasteiger partial charge is 0.573 e. The van der Waals surface area contributed by atoms with Crippen molar-refractivity contribution in [2.75, 3.05) is 5.33 Å². The number of hydrogen-bond donors (Lipinski definition) is 0. The smallest absolute Gasteiger partial charge is 0.399 e. The monoisotopic (exact) mass is 414 g/mol. The van der Waals surface area contributed by atoms with Crippen LogP contribution in [0.2, 0.25) is 0 Å².